The Bertz CT molecular complexity index is 1090. The number of fused-ring (bicyclic) bond motifs is 1. The summed E-state index contributed by atoms with van der Waals surface area (Å²) >= 11 is 7.56. The number of halogens is 1. The highest BCUT2D eigenvalue weighted by atomic mass is 35.5. The van der Waals surface area contributed by atoms with Gasteiger partial charge in [0, 0.05) is 34.2 Å². The Morgan fingerprint density at radius 2 is 1.77 bits per heavy atom. The number of hydrogen-bond acceptors (Lipinski definition) is 3. The highest BCUT2D eigenvalue weighted by Crippen LogP contribution is 2.43. The van der Waals surface area contributed by atoms with E-state index in [4.69, 9.17) is 11.6 Å². The maximum Gasteiger partial charge on any atom is 0.268 e. The van der Waals surface area contributed by atoms with Crippen LogP contribution in [-0.2, 0) is 4.79 Å². The van der Waals surface area contributed by atoms with Gasteiger partial charge < -0.3 is 9.80 Å². The van der Waals surface area contributed by atoms with Crippen LogP contribution >= 0.6 is 22.9 Å². The summed E-state index contributed by atoms with van der Waals surface area (Å²) in [6.07, 6.45) is 0.648. The first-order chi connectivity index (χ1) is 14.4. The first kappa shape index (κ1) is 20.6. The molecule has 1 aliphatic rings. The summed E-state index contributed by atoms with van der Waals surface area (Å²) in [6.45, 7) is 5.62. The summed E-state index contributed by atoms with van der Waals surface area (Å²) in [5, 5.41) is 0.627. The SMILES string of the molecule is CC(=O)N(c1ccc(Cl)cc1)[C@H]1C[C@@H](C)N(C(=O)c2ccc(C)s2)c2ccccc21. The smallest absolute Gasteiger partial charge is 0.268 e. The van der Waals surface area contributed by atoms with Gasteiger partial charge in [-0.05, 0) is 68.3 Å². The molecular formula is C24H23ClN2O2S. The first-order valence-corrected chi connectivity index (χ1v) is 11.1. The fourth-order valence-electron chi connectivity index (χ4n) is 4.19. The molecule has 0 spiro atoms. The number of aryl methyl sites for hydroxylation is 1. The number of carbonyl (C=O) groups excluding carboxylic acids is 2. The molecule has 2 aromatic carbocycles. The number of rotatable bonds is 3. The summed E-state index contributed by atoms with van der Waals surface area (Å²) < 4.78 is 0. The van der Waals surface area contributed by atoms with Gasteiger partial charge in [-0.25, -0.2) is 0 Å². The van der Waals surface area contributed by atoms with E-state index in [0.29, 0.717) is 11.4 Å². The van der Waals surface area contributed by atoms with Crippen molar-refractivity contribution in [2.45, 2.75) is 39.3 Å². The summed E-state index contributed by atoms with van der Waals surface area (Å²) in [7, 11) is 0. The minimum absolute atomic E-state index is 0.00682. The monoisotopic (exact) mass is 438 g/mol. The molecule has 0 saturated heterocycles. The van der Waals surface area contributed by atoms with Gasteiger partial charge in [-0.2, -0.15) is 0 Å². The van der Waals surface area contributed by atoms with Crippen LogP contribution in [-0.4, -0.2) is 17.9 Å². The average molecular weight is 439 g/mol. The molecule has 2 heterocycles. The van der Waals surface area contributed by atoms with Crippen LogP contribution in [0.1, 0.15) is 46.4 Å². The van der Waals surface area contributed by atoms with E-state index in [-0.39, 0.29) is 23.9 Å². The van der Waals surface area contributed by atoms with Crippen molar-refractivity contribution in [1.82, 2.24) is 0 Å². The third kappa shape index (κ3) is 3.75. The Hall–Kier alpha value is -2.63. The molecule has 3 aromatic rings. The van der Waals surface area contributed by atoms with Crippen molar-refractivity contribution in [3.05, 3.63) is 81.0 Å². The van der Waals surface area contributed by atoms with E-state index < -0.39 is 0 Å². The zero-order valence-electron chi connectivity index (χ0n) is 17.1. The van der Waals surface area contributed by atoms with Crippen LogP contribution in [0, 0.1) is 6.92 Å². The molecule has 6 heteroatoms. The molecular weight excluding hydrogens is 416 g/mol. The third-order valence-corrected chi connectivity index (χ3v) is 6.73. The number of nitrogens with zero attached hydrogens (tertiary/aromatic N) is 2. The Morgan fingerprint density at radius 1 is 1.07 bits per heavy atom. The van der Waals surface area contributed by atoms with Gasteiger partial charge in [-0.3, -0.25) is 9.59 Å². The molecule has 0 unspecified atom stereocenters. The second-order valence-corrected chi connectivity index (χ2v) is 9.33. The Labute approximate surface area is 185 Å². The molecule has 30 heavy (non-hydrogen) atoms. The predicted molar refractivity (Wildman–Crippen MR) is 124 cm³/mol. The maximum atomic E-state index is 13.3. The second kappa shape index (κ2) is 8.25. The molecule has 0 radical (unpaired) electrons. The molecule has 4 rings (SSSR count). The Balaban J connectivity index is 1.78. The fraction of sp³-hybridized carbons (Fsp3) is 0.250. The van der Waals surface area contributed by atoms with Crippen molar-refractivity contribution in [3.8, 4) is 0 Å². The molecule has 0 saturated carbocycles. The van der Waals surface area contributed by atoms with E-state index in [1.807, 2.05) is 72.2 Å². The molecule has 2 atom stereocenters. The number of carbonyl (C=O) groups is 2. The lowest BCUT2D eigenvalue weighted by Gasteiger charge is -2.43. The van der Waals surface area contributed by atoms with Gasteiger partial charge >= 0.3 is 0 Å². The zero-order valence-corrected chi connectivity index (χ0v) is 18.7. The van der Waals surface area contributed by atoms with Gasteiger partial charge in [0.25, 0.3) is 5.91 Å². The summed E-state index contributed by atoms with van der Waals surface area (Å²) in [5.41, 5.74) is 2.63. The zero-order chi connectivity index (χ0) is 21.4. The van der Waals surface area contributed by atoms with E-state index in [1.54, 1.807) is 19.1 Å². The van der Waals surface area contributed by atoms with E-state index >= 15 is 0 Å². The van der Waals surface area contributed by atoms with Crippen molar-refractivity contribution in [3.63, 3.8) is 0 Å². The van der Waals surface area contributed by atoms with Crippen LogP contribution in [0.15, 0.2) is 60.7 Å². The van der Waals surface area contributed by atoms with Crippen LogP contribution in [0.5, 0.6) is 0 Å². The first-order valence-electron chi connectivity index (χ1n) is 9.91. The molecule has 154 valence electrons. The summed E-state index contributed by atoms with van der Waals surface area (Å²) in [5.74, 6) is -0.0367. The van der Waals surface area contributed by atoms with Gasteiger partial charge in [0.05, 0.1) is 10.9 Å². The van der Waals surface area contributed by atoms with Crippen molar-refractivity contribution in [1.29, 1.82) is 0 Å². The maximum absolute atomic E-state index is 13.3. The largest absolute Gasteiger partial charge is 0.305 e. The van der Waals surface area contributed by atoms with Crippen molar-refractivity contribution in [2.75, 3.05) is 9.80 Å². The van der Waals surface area contributed by atoms with Gasteiger partial charge in [-0.15, -0.1) is 11.3 Å². The van der Waals surface area contributed by atoms with E-state index in [0.717, 1.165) is 26.7 Å². The number of amides is 2. The van der Waals surface area contributed by atoms with Crippen molar-refractivity contribution >= 4 is 46.1 Å². The van der Waals surface area contributed by atoms with Crippen LogP contribution in [0.4, 0.5) is 11.4 Å². The lowest BCUT2D eigenvalue weighted by molar-refractivity contribution is -0.117. The summed E-state index contributed by atoms with van der Waals surface area (Å²) in [6, 6.07) is 18.8. The number of hydrogen-bond donors (Lipinski definition) is 0. The fourth-order valence-corrected chi connectivity index (χ4v) is 5.12. The molecule has 1 aromatic heterocycles. The van der Waals surface area contributed by atoms with Gasteiger partial charge in [0.15, 0.2) is 0 Å². The standard InChI is InChI=1S/C24H23ClN2O2S/c1-15-14-22(27(17(3)28)19-11-9-18(25)10-12-19)20-6-4-5-7-21(20)26(15)24(29)23-13-8-16(2)30-23/h4-13,15,22H,14H2,1-3H3/t15-,22+/m1/s1. The molecule has 0 fully saturated rings. The van der Waals surface area contributed by atoms with Crippen LogP contribution in [0.25, 0.3) is 0 Å². The quantitative estimate of drug-likeness (QED) is 0.485. The van der Waals surface area contributed by atoms with Crippen molar-refractivity contribution < 1.29 is 9.59 Å². The summed E-state index contributed by atoms with van der Waals surface area (Å²) in [4.78, 5) is 31.6. The normalized spacial score (nSPS) is 18.1. The molecule has 4 nitrogen and oxygen atoms in total. The number of anilines is 2. The van der Waals surface area contributed by atoms with Crippen LogP contribution < -0.4 is 9.80 Å². The predicted octanol–water partition coefficient (Wildman–Crippen LogP) is 6.24. The van der Waals surface area contributed by atoms with Gasteiger partial charge in [0.1, 0.15) is 0 Å². The van der Waals surface area contributed by atoms with E-state index in [2.05, 4.69) is 0 Å². The second-order valence-electron chi connectivity index (χ2n) is 7.61. The minimum Gasteiger partial charge on any atom is -0.305 e. The highest BCUT2D eigenvalue weighted by Gasteiger charge is 2.38. The number of thiophene rings is 1. The minimum atomic E-state index is -0.163. The average Bonchev–Trinajstić information content (AvgIpc) is 3.15. The lowest BCUT2D eigenvalue weighted by atomic mass is 9.89. The number of para-hydroxylation sites is 1. The Morgan fingerprint density at radius 3 is 2.40 bits per heavy atom. The van der Waals surface area contributed by atoms with Gasteiger partial charge in [0.2, 0.25) is 5.91 Å². The molecule has 0 N–H and O–H groups in total. The highest BCUT2D eigenvalue weighted by molar-refractivity contribution is 7.14. The topological polar surface area (TPSA) is 40.6 Å². The van der Waals surface area contributed by atoms with Crippen LogP contribution in [0.2, 0.25) is 5.02 Å². The molecule has 2 amide bonds. The van der Waals surface area contributed by atoms with Gasteiger partial charge in [-0.1, -0.05) is 29.8 Å². The van der Waals surface area contributed by atoms with Crippen LogP contribution in [0.3, 0.4) is 0 Å². The number of benzene rings is 2. The third-order valence-electron chi connectivity index (χ3n) is 5.49. The molecule has 1 aliphatic heterocycles. The van der Waals surface area contributed by atoms with E-state index in [1.165, 1.54) is 11.3 Å². The van der Waals surface area contributed by atoms with Crippen molar-refractivity contribution in [2.24, 2.45) is 0 Å². The molecule has 0 bridgehead atoms. The molecule has 0 aliphatic carbocycles. The lowest BCUT2D eigenvalue weighted by Crippen LogP contribution is -2.47. The Kier molecular flexibility index (Phi) is 5.67. The van der Waals surface area contributed by atoms with E-state index in [9.17, 15) is 9.59 Å².